The quantitative estimate of drug-likeness (QED) is 0.231. The molecule has 0 aliphatic rings. The van der Waals surface area contributed by atoms with E-state index in [2.05, 4.69) is 48.2 Å². The third-order valence-corrected chi connectivity index (χ3v) is 5.87. The lowest BCUT2D eigenvalue weighted by atomic mass is 9.86. The third-order valence-electron chi connectivity index (χ3n) is 5.87. The zero-order valence-electron chi connectivity index (χ0n) is 24.6. The fourth-order valence-corrected chi connectivity index (χ4v) is 3.10. The zero-order valence-corrected chi connectivity index (χ0v) is 24.6. The Bertz CT molecular complexity index is 1150. The van der Waals surface area contributed by atoms with Crippen molar-refractivity contribution in [1.29, 1.82) is 0 Å². The number of hydrogen-bond donors (Lipinski definition) is 0. The number of aryl methyl sites for hydroxylation is 2. The summed E-state index contributed by atoms with van der Waals surface area (Å²) in [7, 11) is 0. The van der Waals surface area contributed by atoms with Crippen LogP contribution in [0.5, 0.6) is 0 Å². The monoisotopic (exact) mass is 487 g/mol. The van der Waals surface area contributed by atoms with Crippen LogP contribution in [-0.2, 0) is 0 Å². The number of rotatable bonds is 4. The van der Waals surface area contributed by atoms with E-state index in [1.165, 1.54) is 0 Å². The van der Waals surface area contributed by atoms with E-state index in [1.807, 2.05) is 87.5 Å². The van der Waals surface area contributed by atoms with Crippen molar-refractivity contribution in [1.82, 2.24) is 0 Å². The Morgan fingerprint density at radius 3 is 2.00 bits per heavy atom. The van der Waals surface area contributed by atoms with Crippen LogP contribution in [0, 0.1) is 31.6 Å². The smallest absolute Gasteiger partial charge is 0.143 e. The van der Waals surface area contributed by atoms with Crippen LogP contribution in [0.25, 0.3) is 16.7 Å². The highest BCUT2D eigenvalue weighted by atomic mass is 19.1. The molecule has 0 atom stereocenters. The lowest BCUT2D eigenvalue weighted by Crippen LogP contribution is -2.10. The Kier molecular flexibility index (Phi) is 14.4. The van der Waals surface area contributed by atoms with Gasteiger partial charge in [0.05, 0.1) is 5.71 Å². The first-order chi connectivity index (χ1) is 16.9. The summed E-state index contributed by atoms with van der Waals surface area (Å²) in [6, 6.07) is 12.5. The van der Waals surface area contributed by atoms with E-state index in [0.717, 1.165) is 39.0 Å². The molecule has 1 nitrogen and oxygen atoms in total. The molecule has 2 heteroatoms. The number of hydrogen-bond acceptors (Lipinski definition) is 1. The molecule has 194 valence electrons. The van der Waals surface area contributed by atoms with Crippen LogP contribution in [-0.4, -0.2) is 5.71 Å². The predicted octanol–water partition coefficient (Wildman–Crippen LogP) is 10.7. The number of allylic oxidation sites excluding steroid dienone is 5. The van der Waals surface area contributed by atoms with E-state index in [0.29, 0.717) is 11.3 Å². The second kappa shape index (κ2) is 15.7. The molecular weight excluding hydrogens is 441 g/mol. The minimum absolute atomic E-state index is 0.228. The highest BCUT2D eigenvalue weighted by Gasteiger charge is 2.18. The van der Waals surface area contributed by atoms with Crippen LogP contribution in [0.4, 0.5) is 4.39 Å². The number of benzene rings is 2. The first kappa shape index (κ1) is 32.8. The molecule has 0 aromatic heterocycles. The maximum Gasteiger partial charge on any atom is 0.143 e. The third kappa shape index (κ3) is 9.82. The summed E-state index contributed by atoms with van der Waals surface area (Å²) in [6.07, 6.45) is 11.5. The molecule has 0 radical (unpaired) electrons. The van der Waals surface area contributed by atoms with Crippen molar-refractivity contribution in [2.45, 2.75) is 83.1 Å². The van der Waals surface area contributed by atoms with E-state index in [1.54, 1.807) is 13.1 Å². The van der Waals surface area contributed by atoms with Gasteiger partial charge < -0.3 is 0 Å². The predicted molar refractivity (Wildman–Crippen MR) is 161 cm³/mol. The molecule has 0 N–H and O–H groups in total. The standard InChI is InChI=1S/C28H32FN.C4H8.C2H6/c1-10-23-15-18(2)11-14-25(23)26-16-24(13-12-19(26)3)20(4)17-30-22(6)27(29)21(5)28(7,8)9;1-3-4-2;1-2/h1,11-17H,2-9H3;3-4H,1-2H3;1-2H3/b20-17+,27-21-,30-22+;4-3-;. The number of nitrogens with zero attached hydrogens (tertiary/aromatic N) is 1. The SMILES string of the molecule is C#Cc1cc(C)ccc1-c1cc(/C(C)=C/N=C(C)/C(F)=C(\C)C(C)(C)C)ccc1C.C/C=C\C.CC. The average Bonchev–Trinajstić information content (AvgIpc) is 2.87. The molecular formula is C34H46FN. The van der Waals surface area contributed by atoms with Crippen LogP contribution in [0.2, 0.25) is 0 Å². The van der Waals surface area contributed by atoms with Gasteiger partial charge in [0.25, 0.3) is 0 Å². The summed E-state index contributed by atoms with van der Waals surface area (Å²) >= 11 is 0. The topological polar surface area (TPSA) is 12.4 Å². The molecule has 2 aromatic rings. The van der Waals surface area contributed by atoms with Crippen LogP contribution in [0.15, 0.2) is 71.1 Å². The Balaban J connectivity index is 0.00000185. The summed E-state index contributed by atoms with van der Waals surface area (Å²) in [5.74, 6) is 2.56. The summed E-state index contributed by atoms with van der Waals surface area (Å²) in [4.78, 5) is 4.39. The molecule has 36 heavy (non-hydrogen) atoms. The number of halogens is 1. The maximum atomic E-state index is 14.7. The Hall–Kier alpha value is -3.18. The van der Waals surface area contributed by atoms with Gasteiger partial charge in [-0.3, -0.25) is 4.99 Å². The van der Waals surface area contributed by atoms with Gasteiger partial charge in [-0.15, -0.1) is 6.42 Å². The highest BCUT2D eigenvalue weighted by Crippen LogP contribution is 2.31. The minimum atomic E-state index is -0.241. The van der Waals surface area contributed by atoms with Gasteiger partial charge in [-0.1, -0.05) is 77.0 Å². The van der Waals surface area contributed by atoms with Gasteiger partial charge in [0.1, 0.15) is 5.83 Å². The van der Waals surface area contributed by atoms with Crippen molar-refractivity contribution < 1.29 is 4.39 Å². The van der Waals surface area contributed by atoms with E-state index < -0.39 is 0 Å². The van der Waals surface area contributed by atoms with Gasteiger partial charge in [-0.2, -0.15) is 0 Å². The maximum absolute atomic E-state index is 14.7. The molecule has 0 aliphatic heterocycles. The molecule has 0 saturated carbocycles. The van der Waals surface area contributed by atoms with Gasteiger partial charge in [0, 0.05) is 11.8 Å². The highest BCUT2D eigenvalue weighted by molar-refractivity contribution is 5.97. The fourth-order valence-electron chi connectivity index (χ4n) is 3.10. The lowest BCUT2D eigenvalue weighted by Gasteiger charge is -2.20. The van der Waals surface area contributed by atoms with Crippen LogP contribution in [0.1, 0.15) is 91.5 Å². The average molecular weight is 488 g/mol. The van der Waals surface area contributed by atoms with Crippen molar-refractivity contribution in [3.8, 4) is 23.5 Å². The van der Waals surface area contributed by atoms with Crippen molar-refractivity contribution >= 4 is 11.3 Å². The molecule has 0 saturated heterocycles. The second-order valence-electron chi connectivity index (χ2n) is 9.61. The fraction of sp³-hybridized carbons (Fsp3) is 0.382. The van der Waals surface area contributed by atoms with E-state index >= 15 is 0 Å². The molecule has 0 heterocycles. The molecule has 2 aromatic carbocycles. The van der Waals surface area contributed by atoms with Crippen molar-refractivity contribution in [3.05, 3.63) is 88.4 Å². The normalized spacial score (nSPS) is 12.7. The molecule has 0 amide bonds. The van der Waals surface area contributed by atoms with Crippen LogP contribution in [0.3, 0.4) is 0 Å². The molecule has 0 spiro atoms. The summed E-state index contributed by atoms with van der Waals surface area (Å²) in [6.45, 7) is 23.6. The van der Waals surface area contributed by atoms with E-state index in [9.17, 15) is 4.39 Å². The molecule has 2 rings (SSSR count). The van der Waals surface area contributed by atoms with Crippen molar-refractivity contribution in [2.75, 3.05) is 0 Å². The Labute approximate surface area is 221 Å². The Morgan fingerprint density at radius 1 is 0.917 bits per heavy atom. The van der Waals surface area contributed by atoms with E-state index in [-0.39, 0.29) is 11.2 Å². The largest absolute Gasteiger partial charge is 0.258 e. The lowest BCUT2D eigenvalue weighted by molar-refractivity contribution is 0.480. The molecule has 0 unspecified atom stereocenters. The zero-order chi connectivity index (χ0) is 28.1. The molecule has 0 fully saturated rings. The van der Waals surface area contributed by atoms with E-state index in [4.69, 9.17) is 6.42 Å². The first-order valence-electron chi connectivity index (χ1n) is 12.7. The summed E-state index contributed by atoms with van der Waals surface area (Å²) in [5, 5.41) is 0. The van der Waals surface area contributed by atoms with Gasteiger partial charge in [-0.25, -0.2) is 4.39 Å². The second-order valence-corrected chi connectivity index (χ2v) is 9.61. The van der Waals surface area contributed by atoms with Crippen molar-refractivity contribution in [2.24, 2.45) is 10.4 Å². The van der Waals surface area contributed by atoms with Gasteiger partial charge >= 0.3 is 0 Å². The number of terminal acetylenes is 1. The molecule has 0 aliphatic carbocycles. The summed E-state index contributed by atoms with van der Waals surface area (Å²) in [5.41, 5.74) is 8.19. The van der Waals surface area contributed by atoms with Crippen molar-refractivity contribution in [3.63, 3.8) is 0 Å². The van der Waals surface area contributed by atoms with Gasteiger partial charge in [-0.05, 0) is 105 Å². The van der Waals surface area contributed by atoms with Gasteiger partial charge in [0.2, 0.25) is 0 Å². The van der Waals surface area contributed by atoms with Gasteiger partial charge in [0.15, 0.2) is 0 Å². The molecule has 0 bridgehead atoms. The minimum Gasteiger partial charge on any atom is -0.258 e. The van der Waals surface area contributed by atoms with Crippen LogP contribution >= 0.6 is 0 Å². The first-order valence-corrected chi connectivity index (χ1v) is 12.7. The summed E-state index contributed by atoms with van der Waals surface area (Å²) < 4.78 is 14.7. The van der Waals surface area contributed by atoms with Crippen LogP contribution < -0.4 is 0 Å². The Morgan fingerprint density at radius 2 is 1.50 bits per heavy atom. The number of aliphatic imine (C=N–C) groups is 1.